The molecule has 0 spiro atoms. The summed E-state index contributed by atoms with van der Waals surface area (Å²) in [7, 11) is 0. The van der Waals surface area contributed by atoms with Crippen LogP contribution in [0.15, 0.2) is 24.3 Å². The van der Waals surface area contributed by atoms with Gasteiger partial charge in [0.1, 0.15) is 0 Å². The molecular weight excluding hydrogens is 819 g/mol. The maximum atomic E-state index is 12.5. The van der Waals surface area contributed by atoms with Crippen molar-refractivity contribution in [2.45, 2.75) is 366 Å². The molecule has 0 saturated heterocycles. The van der Waals surface area contributed by atoms with E-state index in [1.54, 1.807) is 0 Å². The van der Waals surface area contributed by atoms with E-state index in [-0.39, 0.29) is 12.5 Å². The van der Waals surface area contributed by atoms with Crippen molar-refractivity contribution in [1.29, 1.82) is 0 Å². The highest BCUT2D eigenvalue weighted by Crippen LogP contribution is 2.18. The molecule has 0 aromatic heterocycles. The molecule has 0 fully saturated rings. The molecule has 4 heteroatoms. The van der Waals surface area contributed by atoms with E-state index < -0.39 is 12.1 Å². The monoisotopic (exact) mass is 942 g/mol. The number of unbranched alkanes of at least 4 members (excludes halogenated alkanes) is 47. The lowest BCUT2D eigenvalue weighted by molar-refractivity contribution is -0.123. The Morgan fingerprint density at radius 2 is 0.612 bits per heavy atom. The minimum atomic E-state index is -0.657. The van der Waals surface area contributed by atoms with Gasteiger partial charge in [0.05, 0.1) is 18.8 Å². The molecule has 1 amide bonds. The maximum Gasteiger partial charge on any atom is 0.220 e. The number of allylic oxidation sites excluding steroid dienone is 4. The predicted molar refractivity (Wildman–Crippen MR) is 299 cm³/mol. The molecule has 0 aliphatic heterocycles. The minimum absolute atomic E-state index is 0.0231. The number of nitrogens with one attached hydrogen (secondary N) is 1. The van der Waals surface area contributed by atoms with E-state index in [0.29, 0.717) is 12.8 Å². The van der Waals surface area contributed by atoms with Crippen molar-refractivity contribution < 1.29 is 15.0 Å². The van der Waals surface area contributed by atoms with Crippen LogP contribution in [-0.4, -0.2) is 34.9 Å². The number of carbonyl (C=O) groups excluding carboxylic acids is 1. The molecule has 0 rings (SSSR count). The van der Waals surface area contributed by atoms with Crippen LogP contribution in [-0.2, 0) is 4.79 Å². The molecule has 0 aromatic carbocycles. The average molecular weight is 943 g/mol. The Labute approximate surface area is 421 Å². The van der Waals surface area contributed by atoms with Crippen LogP contribution in [0, 0.1) is 0 Å². The molecular formula is C63H123NO3. The van der Waals surface area contributed by atoms with Crippen LogP contribution in [0.4, 0.5) is 0 Å². The highest BCUT2D eigenvalue weighted by Gasteiger charge is 2.20. The van der Waals surface area contributed by atoms with Crippen LogP contribution >= 0.6 is 0 Å². The van der Waals surface area contributed by atoms with Gasteiger partial charge in [-0.2, -0.15) is 0 Å². The topological polar surface area (TPSA) is 69.6 Å². The van der Waals surface area contributed by atoms with Crippen LogP contribution in [0.25, 0.3) is 0 Å². The van der Waals surface area contributed by atoms with Gasteiger partial charge >= 0.3 is 0 Å². The van der Waals surface area contributed by atoms with E-state index in [4.69, 9.17) is 0 Å². The van der Waals surface area contributed by atoms with Gasteiger partial charge in [-0.05, 0) is 44.9 Å². The summed E-state index contributed by atoms with van der Waals surface area (Å²) in [5.74, 6) is -0.0231. The number of amides is 1. The summed E-state index contributed by atoms with van der Waals surface area (Å²) in [5.41, 5.74) is 0. The Hall–Kier alpha value is -1.13. The molecule has 0 heterocycles. The summed E-state index contributed by atoms with van der Waals surface area (Å²) < 4.78 is 0. The van der Waals surface area contributed by atoms with Gasteiger partial charge in [-0.25, -0.2) is 0 Å². The first-order chi connectivity index (χ1) is 33.2. The van der Waals surface area contributed by atoms with Crippen LogP contribution in [0.3, 0.4) is 0 Å². The van der Waals surface area contributed by atoms with Crippen LogP contribution in [0.2, 0.25) is 0 Å². The fourth-order valence-electron chi connectivity index (χ4n) is 9.98. The fraction of sp³-hybridized carbons (Fsp3) is 0.921. The number of aliphatic hydroxyl groups excluding tert-OH is 2. The zero-order chi connectivity index (χ0) is 48.5. The van der Waals surface area contributed by atoms with E-state index >= 15 is 0 Å². The van der Waals surface area contributed by atoms with Crippen molar-refractivity contribution in [2.75, 3.05) is 6.61 Å². The van der Waals surface area contributed by atoms with Gasteiger partial charge in [0.25, 0.3) is 0 Å². The maximum absolute atomic E-state index is 12.5. The van der Waals surface area contributed by atoms with Crippen LogP contribution in [0.1, 0.15) is 354 Å². The first-order valence-electron chi connectivity index (χ1n) is 31.0. The lowest BCUT2D eigenvalue weighted by Crippen LogP contribution is -2.45. The fourth-order valence-corrected chi connectivity index (χ4v) is 9.98. The number of carbonyl (C=O) groups is 1. The van der Waals surface area contributed by atoms with Gasteiger partial charge < -0.3 is 15.5 Å². The summed E-state index contributed by atoms with van der Waals surface area (Å²) in [5, 5.41) is 23.4. The molecule has 3 N–H and O–H groups in total. The summed E-state index contributed by atoms with van der Waals surface area (Å²) in [4.78, 5) is 12.5. The first kappa shape index (κ1) is 65.9. The van der Waals surface area contributed by atoms with Crippen LogP contribution < -0.4 is 5.32 Å². The van der Waals surface area contributed by atoms with E-state index in [9.17, 15) is 15.0 Å². The molecule has 2 unspecified atom stereocenters. The highest BCUT2D eigenvalue weighted by atomic mass is 16.3. The van der Waals surface area contributed by atoms with Gasteiger partial charge in [0, 0.05) is 6.42 Å². The van der Waals surface area contributed by atoms with E-state index in [2.05, 4.69) is 43.5 Å². The molecule has 0 aromatic rings. The largest absolute Gasteiger partial charge is 0.394 e. The van der Waals surface area contributed by atoms with E-state index in [1.165, 1.54) is 295 Å². The summed E-state index contributed by atoms with van der Waals surface area (Å²) in [6.07, 6.45) is 79.1. The van der Waals surface area contributed by atoms with Crippen LogP contribution in [0.5, 0.6) is 0 Å². The van der Waals surface area contributed by atoms with Gasteiger partial charge in [0.2, 0.25) is 5.91 Å². The Bertz CT molecular complexity index is 978. The lowest BCUT2D eigenvalue weighted by atomic mass is 10.0. The second kappa shape index (κ2) is 59.2. The standard InChI is InChI=1S/C63H123NO3/c1-3-5-7-9-11-13-15-17-19-21-23-25-26-27-28-29-30-31-32-33-34-35-36-37-38-39-41-43-45-47-49-51-53-55-57-59-63(67)64-61(60-65)62(66)58-56-54-52-50-48-46-44-42-40-24-22-20-18-16-14-12-10-8-6-4-2/h15,17,21,23,61-62,65-66H,3-14,16,18-20,22,24-60H2,1-2H3,(H,64,67)/b17-15-,23-21-. The van der Waals surface area contributed by atoms with Gasteiger partial charge in [-0.15, -0.1) is 0 Å². The van der Waals surface area contributed by atoms with Crippen molar-refractivity contribution >= 4 is 5.91 Å². The molecule has 0 aliphatic rings. The Morgan fingerprint density at radius 1 is 0.358 bits per heavy atom. The minimum Gasteiger partial charge on any atom is -0.394 e. The number of hydrogen-bond acceptors (Lipinski definition) is 3. The van der Waals surface area contributed by atoms with Crippen molar-refractivity contribution in [3.05, 3.63) is 24.3 Å². The quantitative estimate of drug-likeness (QED) is 0.0420. The molecule has 0 aliphatic carbocycles. The third-order valence-corrected chi connectivity index (χ3v) is 14.7. The molecule has 398 valence electrons. The van der Waals surface area contributed by atoms with Crippen molar-refractivity contribution in [3.63, 3.8) is 0 Å². The predicted octanol–water partition coefficient (Wildman–Crippen LogP) is 20.7. The normalized spacial score (nSPS) is 12.8. The van der Waals surface area contributed by atoms with Gasteiger partial charge in [-0.3, -0.25) is 4.79 Å². The number of rotatable bonds is 58. The molecule has 0 bridgehead atoms. The Morgan fingerprint density at radius 3 is 0.896 bits per heavy atom. The Balaban J connectivity index is 3.38. The van der Waals surface area contributed by atoms with E-state index in [0.717, 1.165) is 32.1 Å². The summed E-state index contributed by atoms with van der Waals surface area (Å²) >= 11 is 0. The summed E-state index contributed by atoms with van der Waals surface area (Å²) in [6, 6.07) is -0.534. The molecule has 67 heavy (non-hydrogen) atoms. The second-order valence-electron chi connectivity index (χ2n) is 21.5. The smallest absolute Gasteiger partial charge is 0.220 e. The Kier molecular flexibility index (Phi) is 58.2. The van der Waals surface area contributed by atoms with Gasteiger partial charge in [-0.1, -0.05) is 327 Å². The SMILES string of the molecule is CCCCCCC/C=C\C/C=C\CCCCCCCCCCCCCCCCCCCCCCCCCC(=O)NC(CO)C(O)CCCCCCCCCCCCCCCCCCCCCC. The average Bonchev–Trinajstić information content (AvgIpc) is 3.33. The first-order valence-corrected chi connectivity index (χ1v) is 31.0. The number of aliphatic hydroxyl groups is 2. The van der Waals surface area contributed by atoms with E-state index in [1.807, 2.05) is 0 Å². The molecule has 0 radical (unpaired) electrons. The van der Waals surface area contributed by atoms with Crippen molar-refractivity contribution in [2.24, 2.45) is 0 Å². The zero-order valence-corrected chi connectivity index (χ0v) is 46.0. The summed E-state index contributed by atoms with van der Waals surface area (Å²) in [6.45, 7) is 4.39. The highest BCUT2D eigenvalue weighted by molar-refractivity contribution is 5.76. The molecule has 0 saturated carbocycles. The third kappa shape index (κ3) is 55.7. The number of hydrogen-bond donors (Lipinski definition) is 3. The molecule has 4 nitrogen and oxygen atoms in total. The van der Waals surface area contributed by atoms with Gasteiger partial charge in [0.15, 0.2) is 0 Å². The molecule has 2 atom stereocenters. The van der Waals surface area contributed by atoms with Crippen molar-refractivity contribution in [3.8, 4) is 0 Å². The second-order valence-corrected chi connectivity index (χ2v) is 21.5. The lowest BCUT2D eigenvalue weighted by Gasteiger charge is -2.22. The van der Waals surface area contributed by atoms with Crippen molar-refractivity contribution in [1.82, 2.24) is 5.32 Å². The third-order valence-electron chi connectivity index (χ3n) is 14.7. The zero-order valence-electron chi connectivity index (χ0n) is 46.0.